The first-order valence-electron chi connectivity index (χ1n) is 8.08. The molecule has 2 heterocycles. The predicted molar refractivity (Wildman–Crippen MR) is 98.7 cm³/mol. The Balaban J connectivity index is 1.71. The highest BCUT2D eigenvalue weighted by Gasteiger charge is 2.26. The molecule has 0 aliphatic carbocycles. The van der Waals surface area contributed by atoms with Gasteiger partial charge in [-0.25, -0.2) is 18.1 Å². The van der Waals surface area contributed by atoms with Gasteiger partial charge in [0.1, 0.15) is 0 Å². The summed E-state index contributed by atoms with van der Waals surface area (Å²) in [5.41, 5.74) is 0.668. The van der Waals surface area contributed by atoms with Crippen molar-refractivity contribution in [3.8, 4) is 11.3 Å². The molecule has 0 saturated heterocycles. The number of anilines is 1. The Morgan fingerprint density at radius 2 is 1.78 bits per heavy atom. The highest BCUT2D eigenvalue weighted by molar-refractivity contribution is 7.89. The second-order valence-corrected chi connectivity index (χ2v) is 8.48. The fourth-order valence-electron chi connectivity index (χ4n) is 2.31. The number of sulfonamides is 1. The highest BCUT2D eigenvalue weighted by Crippen LogP contribution is 2.22. The number of oxazole rings is 1. The zero-order chi connectivity index (χ0) is 19.7. The lowest BCUT2D eigenvalue weighted by atomic mass is 10.1. The molecule has 0 unspecified atom stereocenters. The third kappa shape index (κ3) is 4.63. The normalized spacial score (nSPS) is 12.1. The summed E-state index contributed by atoms with van der Waals surface area (Å²) in [6, 6.07) is 9.48. The van der Waals surface area contributed by atoms with Gasteiger partial charge in [0.2, 0.25) is 5.09 Å². The summed E-state index contributed by atoms with van der Waals surface area (Å²) in [4.78, 5) is 16.2. The van der Waals surface area contributed by atoms with E-state index in [2.05, 4.69) is 15.0 Å². The Morgan fingerprint density at radius 1 is 1.07 bits per heavy atom. The first kappa shape index (κ1) is 18.9. The summed E-state index contributed by atoms with van der Waals surface area (Å²) < 4.78 is 37.4. The van der Waals surface area contributed by atoms with E-state index in [1.807, 2.05) is 0 Å². The van der Waals surface area contributed by atoms with E-state index in [-0.39, 0.29) is 10.9 Å². The number of carbonyl (C=O) groups is 1. The lowest BCUT2D eigenvalue weighted by Gasteiger charge is -2.18. The molecule has 9 heteroatoms. The van der Waals surface area contributed by atoms with E-state index >= 15 is 0 Å². The van der Waals surface area contributed by atoms with Gasteiger partial charge >= 0.3 is 0 Å². The summed E-state index contributed by atoms with van der Waals surface area (Å²) in [6.45, 7) is 5.14. The third-order valence-electron chi connectivity index (χ3n) is 3.37. The van der Waals surface area contributed by atoms with Gasteiger partial charge in [-0.2, -0.15) is 0 Å². The lowest BCUT2D eigenvalue weighted by molar-refractivity contribution is 0.0991. The molecule has 0 bridgehead atoms. The van der Waals surface area contributed by atoms with Gasteiger partial charge in [-0.15, -0.1) is 0 Å². The van der Waals surface area contributed by atoms with Gasteiger partial charge in [-0.1, -0.05) is 0 Å². The molecule has 0 radical (unpaired) electrons. The zero-order valence-electron chi connectivity index (χ0n) is 15.0. The maximum Gasteiger partial charge on any atom is 0.291 e. The second-order valence-electron chi connectivity index (χ2n) is 6.87. The molecule has 8 nitrogen and oxygen atoms in total. The van der Waals surface area contributed by atoms with Crippen LogP contribution in [0.5, 0.6) is 0 Å². The highest BCUT2D eigenvalue weighted by atomic mass is 32.2. The standard InChI is InChI=1S/C18H19N3O5S/c1-18(2,3)21-27(23,24)16-9-8-14(26-16)17(22)20-13-6-4-12(5-7-13)15-10-19-11-25-15/h4-11,21H,1-3H3,(H,20,22). The summed E-state index contributed by atoms with van der Waals surface area (Å²) in [5.74, 6) is -0.0525. The largest absolute Gasteiger partial charge is 0.444 e. The number of hydrogen-bond acceptors (Lipinski definition) is 6. The van der Waals surface area contributed by atoms with Crippen LogP contribution in [0.15, 0.2) is 62.9 Å². The van der Waals surface area contributed by atoms with Crippen LogP contribution in [0, 0.1) is 0 Å². The van der Waals surface area contributed by atoms with Gasteiger partial charge in [0, 0.05) is 16.8 Å². The van der Waals surface area contributed by atoms with Crippen LogP contribution >= 0.6 is 0 Å². The van der Waals surface area contributed by atoms with Gasteiger partial charge in [-0.3, -0.25) is 4.79 Å². The molecular formula is C18H19N3O5S. The summed E-state index contributed by atoms with van der Waals surface area (Å²) in [5, 5.41) is 2.33. The van der Waals surface area contributed by atoms with Crippen molar-refractivity contribution >= 4 is 21.6 Å². The van der Waals surface area contributed by atoms with Crippen molar-refractivity contribution in [2.45, 2.75) is 31.4 Å². The average Bonchev–Trinajstić information content (AvgIpc) is 3.26. The number of benzene rings is 1. The monoisotopic (exact) mass is 389 g/mol. The van der Waals surface area contributed by atoms with Crippen molar-refractivity contribution in [3.05, 3.63) is 54.7 Å². The second kappa shape index (κ2) is 7.01. The fourth-order valence-corrected chi connectivity index (χ4v) is 3.66. The van der Waals surface area contributed by atoms with Crippen LogP contribution in [0.25, 0.3) is 11.3 Å². The van der Waals surface area contributed by atoms with Crippen LogP contribution < -0.4 is 10.0 Å². The molecule has 3 rings (SSSR count). The van der Waals surface area contributed by atoms with Crippen LogP contribution in [0.4, 0.5) is 5.69 Å². The minimum atomic E-state index is -3.85. The molecule has 0 saturated carbocycles. The van der Waals surface area contributed by atoms with Gasteiger partial charge in [-0.05, 0) is 57.2 Å². The summed E-state index contributed by atoms with van der Waals surface area (Å²) in [6.07, 6.45) is 2.92. The third-order valence-corrected chi connectivity index (χ3v) is 5.00. The summed E-state index contributed by atoms with van der Waals surface area (Å²) in [7, 11) is -3.85. The van der Waals surface area contributed by atoms with Crippen molar-refractivity contribution in [1.82, 2.24) is 9.71 Å². The van der Waals surface area contributed by atoms with E-state index in [0.717, 1.165) is 5.56 Å². The molecule has 1 aromatic carbocycles. The Labute approximate surface area is 156 Å². The molecule has 0 aliphatic heterocycles. The smallest absolute Gasteiger partial charge is 0.291 e. The molecule has 3 aromatic rings. The summed E-state index contributed by atoms with van der Waals surface area (Å²) >= 11 is 0. The Hall–Kier alpha value is -2.91. The maximum absolute atomic E-state index is 12.3. The molecule has 0 atom stereocenters. The molecule has 142 valence electrons. The van der Waals surface area contributed by atoms with Crippen LogP contribution in [-0.2, 0) is 10.0 Å². The number of nitrogens with zero attached hydrogens (tertiary/aromatic N) is 1. The SMILES string of the molecule is CC(C)(C)NS(=O)(=O)c1ccc(C(=O)Nc2ccc(-c3cnco3)cc2)o1. The molecule has 0 spiro atoms. The topological polar surface area (TPSA) is 114 Å². The van der Waals surface area contributed by atoms with E-state index in [0.29, 0.717) is 11.4 Å². The lowest BCUT2D eigenvalue weighted by Crippen LogP contribution is -2.40. The van der Waals surface area contributed by atoms with Crippen molar-refractivity contribution in [3.63, 3.8) is 0 Å². The van der Waals surface area contributed by atoms with Crippen LogP contribution in [0.2, 0.25) is 0 Å². The Bertz CT molecular complexity index is 1030. The average molecular weight is 389 g/mol. The molecule has 1 amide bonds. The zero-order valence-corrected chi connectivity index (χ0v) is 15.8. The van der Waals surface area contributed by atoms with E-state index in [4.69, 9.17) is 8.83 Å². The number of amides is 1. The number of carbonyl (C=O) groups excluding carboxylic acids is 1. The maximum atomic E-state index is 12.3. The molecule has 27 heavy (non-hydrogen) atoms. The fraction of sp³-hybridized carbons (Fsp3) is 0.222. The van der Waals surface area contributed by atoms with Crippen molar-refractivity contribution in [1.29, 1.82) is 0 Å². The first-order chi connectivity index (χ1) is 12.6. The van der Waals surface area contributed by atoms with Crippen molar-refractivity contribution in [2.75, 3.05) is 5.32 Å². The van der Waals surface area contributed by atoms with E-state index in [1.165, 1.54) is 18.5 Å². The van der Waals surface area contributed by atoms with Crippen molar-refractivity contribution < 1.29 is 22.0 Å². The van der Waals surface area contributed by atoms with Crippen LogP contribution in [-0.4, -0.2) is 24.8 Å². The molecule has 2 N–H and O–H groups in total. The van der Waals surface area contributed by atoms with Gasteiger partial charge < -0.3 is 14.2 Å². The first-order valence-corrected chi connectivity index (χ1v) is 9.56. The van der Waals surface area contributed by atoms with E-state index in [1.54, 1.807) is 51.2 Å². The minimum Gasteiger partial charge on any atom is -0.444 e. The molecule has 2 aromatic heterocycles. The van der Waals surface area contributed by atoms with Crippen LogP contribution in [0.3, 0.4) is 0 Å². The quantitative estimate of drug-likeness (QED) is 0.692. The van der Waals surface area contributed by atoms with Gasteiger partial charge in [0.15, 0.2) is 17.9 Å². The molecule has 0 fully saturated rings. The molecular weight excluding hydrogens is 370 g/mol. The molecule has 0 aliphatic rings. The predicted octanol–water partition coefficient (Wildman–Crippen LogP) is 3.26. The van der Waals surface area contributed by atoms with Crippen LogP contribution in [0.1, 0.15) is 31.3 Å². The number of furan rings is 1. The number of rotatable bonds is 5. The van der Waals surface area contributed by atoms with Gasteiger partial charge in [0.05, 0.1) is 6.20 Å². The number of nitrogens with one attached hydrogen (secondary N) is 2. The number of hydrogen-bond donors (Lipinski definition) is 2. The Morgan fingerprint density at radius 3 is 2.37 bits per heavy atom. The number of aromatic nitrogens is 1. The van der Waals surface area contributed by atoms with Gasteiger partial charge in [0.25, 0.3) is 15.9 Å². The Kier molecular flexibility index (Phi) is 4.90. The van der Waals surface area contributed by atoms with Crippen molar-refractivity contribution in [2.24, 2.45) is 0 Å². The minimum absolute atomic E-state index is 0.108. The van der Waals surface area contributed by atoms with E-state index in [9.17, 15) is 13.2 Å². The van der Waals surface area contributed by atoms with E-state index < -0.39 is 21.5 Å².